The van der Waals surface area contributed by atoms with Crippen LogP contribution in [0.1, 0.15) is 139 Å². The van der Waals surface area contributed by atoms with Crippen LogP contribution in [-0.2, 0) is 17.6 Å². The summed E-state index contributed by atoms with van der Waals surface area (Å²) in [4.78, 5) is 50.2. The SMILES string of the molecule is [C-]#[N+]c1cc(Br)c(N)cc1C.[C-]#[N+]c1cc(Br)c(NC(C)C)cc1C.[C-]#[N+]c1cc(N)c(NC(C)C)cc1C.[C-]#[N+]c1cc2nc(Cc3cccc(C(=O)NO)c3)n(C(C)C)c2cc1C.[C-]#[N+]c1cc2nc(Cc3cccc(C(=O)OC)c3)n(C(C)C)c2cc1C. The normalized spacial score (nSPS) is 10.4. The van der Waals surface area contributed by atoms with Crippen LogP contribution in [0.4, 0.5) is 51.2 Å². The minimum Gasteiger partial charge on any atom is -0.465 e. The van der Waals surface area contributed by atoms with Gasteiger partial charge in [0.2, 0.25) is 0 Å². The van der Waals surface area contributed by atoms with Crippen LogP contribution in [0.25, 0.3) is 46.3 Å². The highest BCUT2D eigenvalue weighted by atomic mass is 79.9. The van der Waals surface area contributed by atoms with Crippen molar-refractivity contribution in [3.05, 3.63) is 237 Å². The molecule has 0 spiro atoms. The zero-order valence-corrected chi connectivity index (χ0v) is 56.9. The maximum absolute atomic E-state index is 11.8. The number of hydroxylamine groups is 1. The van der Waals surface area contributed by atoms with Crippen LogP contribution >= 0.6 is 31.9 Å². The van der Waals surface area contributed by atoms with E-state index < -0.39 is 5.91 Å². The van der Waals surface area contributed by atoms with Crippen LogP contribution in [0.5, 0.6) is 0 Å². The molecule has 0 aliphatic rings. The van der Waals surface area contributed by atoms with Crippen LogP contribution < -0.4 is 27.6 Å². The fraction of sp³-hybridized carbons (Fsp3) is 0.282. The number of nitrogen functional groups attached to an aromatic ring is 2. The number of rotatable bonds is 12. The lowest BCUT2D eigenvalue weighted by molar-refractivity contribution is 0.0600. The number of carbonyl (C=O) groups is 2. The van der Waals surface area contributed by atoms with E-state index in [1.165, 1.54) is 7.11 Å². The molecule has 9 rings (SSSR count). The van der Waals surface area contributed by atoms with Gasteiger partial charge in [-0.05, 0) is 246 Å². The number of imidazole rings is 2. The van der Waals surface area contributed by atoms with Crippen LogP contribution in [0.2, 0.25) is 0 Å². The van der Waals surface area contributed by atoms with E-state index in [0.29, 0.717) is 75.9 Å². The Morgan fingerprint density at radius 3 is 1.34 bits per heavy atom. The van der Waals surface area contributed by atoms with Crippen molar-refractivity contribution in [2.24, 2.45) is 0 Å². The first-order chi connectivity index (χ1) is 43.1. The number of nitrogens with one attached hydrogen (secondary N) is 3. The quantitative estimate of drug-likeness (QED) is 0.0224. The van der Waals surface area contributed by atoms with Gasteiger partial charge in [0.05, 0.1) is 73.3 Å². The Kier molecular flexibility index (Phi) is 26.0. The molecule has 0 radical (unpaired) electrons. The number of carbonyl (C=O) groups excluding carboxylic acids is 2. The van der Waals surface area contributed by atoms with E-state index in [1.807, 2.05) is 101 Å². The largest absolute Gasteiger partial charge is 0.465 e. The number of methoxy groups -OCH3 is 1. The Labute approximate surface area is 551 Å². The number of fused-ring (bicyclic) bond motifs is 2. The molecule has 468 valence electrons. The Hall–Kier alpha value is -10.0. The molecule has 18 nitrogen and oxygen atoms in total. The van der Waals surface area contributed by atoms with Crippen molar-refractivity contribution in [1.82, 2.24) is 24.6 Å². The molecule has 0 saturated carbocycles. The summed E-state index contributed by atoms with van der Waals surface area (Å²) in [6.07, 6.45) is 1.15. The molecule has 7 aromatic carbocycles. The molecule has 20 heteroatoms. The topological polar surface area (TPSA) is 209 Å². The molecule has 1 amide bonds. The third-order valence-corrected chi connectivity index (χ3v) is 15.4. The van der Waals surface area contributed by atoms with Gasteiger partial charge in [-0.25, -0.2) is 44.5 Å². The minimum absolute atomic E-state index is 0.206. The van der Waals surface area contributed by atoms with Crippen molar-refractivity contribution in [1.29, 1.82) is 0 Å². The van der Waals surface area contributed by atoms with Gasteiger partial charge < -0.3 is 36.0 Å². The van der Waals surface area contributed by atoms with E-state index in [-0.39, 0.29) is 18.1 Å². The van der Waals surface area contributed by atoms with Gasteiger partial charge in [0.25, 0.3) is 5.91 Å². The average molecular weight is 1350 g/mol. The van der Waals surface area contributed by atoms with Gasteiger partial charge in [0.15, 0.2) is 28.4 Å². The fourth-order valence-electron chi connectivity index (χ4n) is 9.69. The third-order valence-electron chi connectivity index (χ3n) is 14.0. The highest BCUT2D eigenvalue weighted by Crippen LogP contribution is 2.35. The number of ether oxygens (including phenoxy) is 1. The summed E-state index contributed by atoms with van der Waals surface area (Å²) >= 11 is 6.70. The molecule has 91 heavy (non-hydrogen) atoms. The molecule has 0 saturated heterocycles. The Balaban J connectivity index is 0.000000216. The fourth-order valence-corrected chi connectivity index (χ4v) is 10.5. The lowest BCUT2D eigenvalue weighted by atomic mass is 10.1. The number of anilines is 4. The van der Waals surface area contributed by atoms with Gasteiger partial charge in [0.1, 0.15) is 11.6 Å². The van der Waals surface area contributed by atoms with E-state index >= 15 is 0 Å². The third kappa shape index (κ3) is 19.0. The monoisotopic (exact) mass is 1350 g/mol. The maximum atomic E-state index is 11.8. The molecule has 9 aromatic rings. The first-order valence-electron chi connectivity index (χ1n) is 29.0. The number of aryl methyl sites for hydroxylation is 5. The van der Waals surface area contributed by atoms with E-state index in [4.69, 9.17) is 64.2 Å². The van der Waals surface area contributed by atoms with Gasteiger partial charge in [-0.1, -0.05) is 24.3 Å². The highest BCUT2D eigenvalue weighted by molar-refractivity contribution is 9.11. The molecular formula is C71H76Br2N14O4. The molecular weight excluding hydrogens is 1270 g/mol. The van der Waals surface area contributed by atoms with Gasteiger partial charge in [-0.15, -0.1) is 0 Å². The van der Waals surface area contributed by atoms with E-state index in [2.05, 4.69) is 131 Å². The zero-order chi connectivity index (χ0) is 67.6. The number of benzene rings is 7. The zero-order valence-electron chi connectivity index (χ0n) is 53.7. The predicted octanol–water partition coefficient (Wildman–Crippen LogP) is 19.0. The number of hydrogen-bond acceptors (Lipinski definition) is 10. The van der Waals surface area contributed by atoms with Crippen molar-refractivity contribution in [3.8, 4) is 0 Å². The number of nitrogens with two attached hydrogens (primary N) is 2. The van der Waals surface area contributed by atoms with Crippen molar-refractivity contribution >= 4 is 117 Å². The Bertz CT molecular complexity index is 4110. The van der Waals surface area contributed by atoms with Crippen molar-refractivity contribution in [3.63, 3.8) is 0 Å². The molecule has 0 bridgehead atoms. The number of nitrogens with zero attached hydrogens (tertiary/aromatic N) is 9. The summed E-state index contributed by atoms with van der Waals surface area (Å²) in [6, 6.07) is 34.4. The molecule has 8 N–H and O–H groups in total. The summed E-state index contributed by atoms with van der Waals surface area (Å²) in [5, 5.41) is 15.4. The van der Waals surface area contributed by atoms with Gasteiger partial charge in [-0.3, -0.25) is 10.0 Å². The summed E-state index contributed by atoms with van der Waals surface area (Å²) in [5.41, 5.74) is 30.8. The second kappa shape index (κ2) is 33.0. The van der Waals surface area contributed by atoms with Crippen LogP contribution in [0.3, 0.4) is 0 Å². The number of aromatic nitrogens is 4. The molecule has 0 aliphatic carbocycles. The number of hydrogen-bond donors (Lipinski definition) is 6. The Morgan fingerprint density at radius 1 is 0.527 bits per heavy atom. The minimum atomic E-state index is -0.540. The van der Waals surface area contributed by atoms with Crippen molar-refractivity contribution in [2.75, 3.05) is 29.2 Å². The van der Waals surface area contributed by atoms with Crippen LogP contribution in [0.15, 0.2) is 118 Å². The van der Waals surface area contributed by atoms with Crippen molar-refractivity contribution < 1.29 is 19.5 Å². The molecule has 0 unspecified atom stereocenters. The van der Waals surface area contributed by atoms with Crippen molar-refractivity contribution in [2.45, 2.75) is 127 Å². The first-order valence-corrected chi connectivity index (χ1v) is 30.6. The second-order valence-corrected chi connectivity index (χ2v) is 24.3. The maximum Gasteiger partial charge on any atom is 0.337 e. The average Bonchev–Trinajstić information content (AvgIpc) is 1.65. The number of esters is 1. The summed E-state index contributed by atoms with van der Waals surface area (Å²) < 4.78 is 10.9. The lowest BCUT2D eigenvalue weighted by Gasteiger charge is -2.14. The lowest BCUT2D eigenvalue weighted by Crippen LogP contribution is -2.18. The Morgan fingerprint density at radius 2 is 0.912 bits per heavy atom. The summed E-state index contributed by atoms with van der Waals surface area (Å²) in [5.74, 6) is 0.903. The van der Waals surface area contributed by atoms with Crippen LogP contribution in [0, 0.1) is 67.5 Å². The highest BCUT2D eigenvalue weighted by Gasteiger charge is 2.19. The van der Waals surface area contributed by atoms with Gasteiger partial charge in [-0.2, -0.15) is 0 Å². The van der Waals surface area contributed by atoms with E-state index in [1.54, 1.807) is 47.9 Å². The summed E-state index contributed by atoms with van der Waals surface area (Å²) in [6.45, 7) is 61.7. The van der Waals surface area contributed by atoms with Gasteiger partial charge >= 0.3 is 5.97 Å². The molecule has 2 heterocycles. The standard InChI is InChI=1S/C21H21N3O2.C20H20N4O2.C11H13BrN2.C11H15N3.C8H7BrN2/c1-13(2)24-19-9-14(3)17(22-4)12-18(19)23-20(24)11-15-7-6-8-16(10-15)21(25)26-5;1-12(2)24-18-8-13(3)16(21-4)11-17(18)22-19(24)10-14-6-5-7-15(9-14)20(25)23-26;2*1-7(2)14-11-5-8(3)10(13-4)6-9(11)12;1-5-3-7(10)6(9)4-8(5)11-2/h6-10,12-13H,11H2,1-3,5H3;5-9,11-12,26H,10H2,1-3H3,(H,23,25);5-7,14H,1-3H3;5-7,14H,12H2,1-3H3;3-4H,10H2,1H3. The molecule has 0 atom stereocenters. The summed E-state index contributed by atoms with van der Waals surface area (Å²) in [7, 11) is 1.38. The second-order valence-electron chi connectivity index (χ2n) is 22.6. The number of amides is 1. The first kappa shape index (κ1) is 71.7. The van der Waals surface area contributed by atoms with Crippen LogP contribution in [-0.4, -0.2) is 55.4 Å². The molecule has 0 fully saturated rings. The molecule has 0 aliphatic heterocycles. The smallest absolute Gasteiger partial charge is 0.337 e. The van der Waals surface area contributed by atoms with E-state index in [9.17, 15) is 9.59 Å². The predicted molar refractivity (Wildman–Crippen MR) is 375 cm³/mol. The number of halogens is 2. The van der Waals surface area contributed by atoms with Gasteiger partial charge in [0, 0.05) is 68.6 Å². The molecule has 2 aromatic heterocycles. The van der Waals surface area contributed by atoms with E-state index in [0.717, 1.165) is 93.0 Å².